The second-order valence-electron chi connectivity index (χ2n) is 5.17. The molecule has 0 heterocycles. The number of carbonyl (C=O) groups excluding carboxylic acids is 1. The Labute approximate surface area is 128 Å². The molecule has 0 fully saturated rings. The van der Waals surface area contributed by atoms with E-state index in [1.807, 2.05) is 30.3 Å². The smallest absolute Gasteiger partial charge is 0.320 e. The monoisotopic (exact) mass is 289 g/mol. The van der Waals surface area contributed by atoms with Crippen LogP contribution >= 0.6 is 0 Å². The summed E-state index contributed by atoms with van der Waals surface area (Å²) >= 11 is 0. The predicted molar refractivity (Wildman–Crippen MR) is 89.1 cm³/mol. The Hall–Kier alpha value is -1.97. The predicted octanol–water partition coefficient (Wildman–Crippen LogP) is 4.23. The van der Waals surface area contributed by atoms with Crippen molar-refractivity contribution < 1.29 is 4.79 Å². The van der Waals surface area contributed by atoms with Crippen LogP contribution in [-0.2, 0) is 0 Å². The number of unbranched alkanes of at least 4 members (excludes halogenated alkanes) is 2. The molecule has 4 heteroatoms. The molecule has 0 aliphatic heterocycles. The van der Waals surface area contributed by atoms with Gasteiger partial charge in [0, 0.05) is 11.7 Å². The van der Waals surface area contributed by atoms with Crippen molar-refractivity contribution in [1.29, 1.82) is 0 Å². The van der Waals surface area contributed by atoms with E-state index in [4.69, 9.17) is 0 Å². The van der Waals surface area contributed by atoms with Gasteiger partial charge in [-0.25, -0.2) is 4.79 Å². The zero-order valence-corrected chi connectivity index (χ0v) is 13.1. The number of para-hydroxylation sites is 1. The van der Waals surface area contributed by atoms with Gasteiger partial charge in [0.1, 0.15) is 5.82 Å². The lowest BCUT2D eigenvalue weighted by atomic mass is 10.1. The van der Waals surface area contributed by atoms with Crippen LogP contribution in [0.3, 0.4) is 0 Å². The molecule has 1 atom stereocenters. The van der Waals surface area contributed by atoms with Crippen molar-refractivity contribution in [2.45, 2.75) is 52.0 Å². The fraction of sp³-hybridized carbons (Fsp3) is 0.471. The van der Waals surface area contributed by atoms with Crippen molar-refractivity contribution in [3.05, 3.63) is 42.7 Å². The Morgan fingerprint density at radius 3 is 2.52 bits per heavy atom. The number of amides is 2. The van der Waals surface area contributed by atoms with Gasteiger partial charge in [-0.1, -0.05) is 57.9 Å². The molecule has 0 bridgehead atoms. The van der Waals surface area contributed by atoms with E-state index < -0.39 is 0 Å². The third kappa shape index (κ3) is 7.40. The number of anilines is 1. The first-order valence-corrected chi connectivity index (χ1v) is 7.74. The van der Waals surface area contributed by atoms with Crippen molar-refractivity contribution in [1.82, 2.24) is 10.6 Å². The van der Waals surface area contributed by atoms with Gasteiger partial charge in [0.25, 0.3) is 0 Å². The topological polar surface area (TPSA) is 53.2 Å². The molecule has 0 spiro atoms. The molecule has 1 aromatic rings. The van der Waals surface area contributed by atoms with Crippen LogP contribution < -0.4 is 16.0 Å². The third-order valence-corrected chi connectivity index (χ3v) is 3.32. The summed E-state index contributed by atoms with van der Waals surface area (Å²) < 4.78 is 0. The van der Waals surface area contributed by atoms with Gasteiger partial charge >= 0.3 is 6.03 Å². The standard InChI is InChI=1S/C17H27N3O/c1-4-6-8-11-15(5-2)20-17(21)19-14(3)18-16-12-9-7-10-13-16/h7,9-10,12-13,15,18H,3-6,8,11H2,1-2H3,(H2,19,20,21)/t15-/m1/s1. The van der Waals surface area contributed by atoms with Gasteiger partial charge in [0.2, 0.25) is 0 Å². The molecule has 0 aliphatic rings. The van der Waals surface area contributed by atoms with Crippen molar-refractivity contribution in [2.75, 3.05) is 5.32 Å². The molecular weight excluding hydrogens is 262 g/mol. The normalized spacial score (nSPS) is 11.5. The van der Waals surface area contributed by atoms with Gasteiger partial charge in [0.05, 0.1) is 0 Å². The van der Waals surface area contributed by atoms with Crippen LogP contribution in [0.4, 0.5) is 10.5 Å². The van der Waals surface area contributed by atoms with E-state index in [1.165, 1.54) is 12.8 Å². The van der Waals surface area contributed by atoms with Gasteiger partial charge in [-0.2, -0.15) is 0 Å². The molecule has 0 saturated heterocycles. The van der Waals surface area contributed by atoms with E-state index in [1.54, 1.807) is 0 Å². The SMILES string of the molecule is C=C(NC(=O)N[C@H](CC)CCCCC)Nc1ccccc1. The maximum atomic E-state index is 11.9. The lowest BCUT2D eigenvalue weighted by Crippen LogP contribution is -2.42. The number of carbonyl (C=O) groups is 1. The Morgan fingerprint density at radius 2 is 1.90 bits per heavy atom. The summed E-state index contributed by atoms with van der Waals surface area (Å²) in [6, 6.07) is 9.66. The largest absolute Gasteiger partial charge is 0.342 e. The number of hydrogen-bond donors (Lipinski definition) is 3. The van der Waals surface area contributed by atoms with Crippen LogP contribution in [0.25, 0.3) is 0 Å². The minimum absolute atomic E-state index is 0.202. The minimum atomic E-state index is -0.202. The summed E-state index contributed by atoms with van der Waals surface area (Å²) in [6.07, 6.45) is 5.52. The third-order valence-electron chi connectivity index (χ3n) is 3.32. The Balaban J connectivity index is 2.32. The van der Waals surface area contributed by atoms with Crippen LogP contribution in [0, 0.1) is 0 Å². The summed E-state index contributed by atoms with van der Waals surface area (Å²) in [6.45, 7) is 8.09. The van der Waals surface area contributed by atoms with Crippen LogP contribution in [0.2, 0.25) is 0 Å². The highest BCUT2D eigenvalue weighted by molar-refractivity contribution is 5.76. The van der Waals surface area contributed by atoms with Crippen molar-refractivity contribution in [3.63, 3.8) is 0 Å². The molecule has 3 N–H and O–H groups in total. The summed E-state index contributed by atoms with van der Waals surface area (Å²) in [5, 5.41) is 8.77. The maximum absolute atomic E-state index is 11.9. The molecule has 4 nitrogen and oxygen atoms in total. The molecule has 0 unspecified atom stereocenters. The number of nitrogens with one attached hydrogen (secondary N) is 3. The molecule has 0 aliphatic carbocycles. The summed E-state index contributed by atoms with van der Waals surface area (Å²) in [5.41, 5.74) is 0.901. The van der Waals surface area contributed by atoms with E-state index in [0.29, 0.717) is 5.82 Å². The minimum Gasteiger partial charge on any atom is -0.342 e. The highest BCUT2D eigenvalue weighted by Gasteiger charge is 2.10. The zero-order chi connectivity index (χ0) is 15.5. The summed E-state index contributed by atoms with van der Waals surface area (Å²) in [4.78, 5) is 11.9. The van der Waals surface area contributed by atoms with Gasteiger partial charge < -0.3 is 10.6 Å². The van der Waals surface area contributed by atoms with Gasteiger partial charge in [-0.3, -0.25) is 5.32 Å². The molecule has 0 aromatic heterocycles. The Morgan fingerprint density at radius 1 is 1.19 bits per heavy atom. The van der Waals surface area contributed by atoms with E-state index >= 15 is 0 Å². The number of hydrogen-bond acceptors (Lipinski definition) is 2. The molecule has 116 valence electrons. The second-order valence-corrected chi connectivity index (χ2v) is 5.17. The quantitative estimate of drug-likeness (QED) is 0.596. The van der Waals surface area contributed by atoms with Crippen LogP contribution in [0.15, 0.2) is 42.7 Å². The summed E-state index contributed by atoms with van der Waals surface area (Å²) in [7, 11) is 0. The van der Waals surface area contributed by atoms with Crippen molar-refractivity contribution >= 4 is 11.7 Å². The fourth-order valence-corrected chi connectivity index (χ4v) is 2.10. The maximum Gasteiger partial charge on any atom is 0.320 e. The second kappa shape index (κ2) is 9.86. The lowest BCUT2D eigenvalue weighted by Gasteiger charge is -2.18. The number of urea groups is 1. The van der Waals surface area contributed by atoms with Crippen molar-refractivity contribution in [3.8, 4) is 0 Å². The van der Waals surface area contributed by atoms with Crippen LogP contribution in [0.5, 0.6) is 0 Å². The average Bonchev–Trinajstić information content (AvgIpc) is 2.47. The highest BCUT2D eigenvalue weighted by Crippen LogP contribution is 2.08. The van der Waals surface area contributed by atoms with Crippen molar-refractivity contribution in [2.24, 2.45) is 0 Å². The summed E-state index contributed by atoms with van der Waals surface area (Å²) in [5.74, 6) is 0.474. The van der Waals surface area contributed by atoms with E-state index in [2.05, 4.69) is 36.4 Å². The first-order chi connectivity index (χ1) is 10.2. The molecule has 0 saturated carbocycles. The van der Waals surface area contributed by atoms with Gasteiger partial charge in [-0.15, -0.1) is 0 Å². The zero-order valence-electron chi connectivity index (χ0n) is 13.1. The lowest BCUT2D eigenvalue weighted by molar-refractivity contribution is 0.238. The molecule has 1 rings (SSSR count). The van der Waals surface area contributed by atoms with Crippen LogP contribution in [-0.4, -0.2) is 12.1 Å². The van der Waals surface area contributed by atoms with E-state index in [0.717, 1.165) is 24.9 Å². The fourth-order valence-electron chi connectivity index (χ4n) is 2.10. The highest BCUT2D eigenvalue weighted by atomic mass is 16.2. The van der Waals surface area contributed by atoms with E-state index in [9.17, 15) is 4.79 Å². The Bertz CT molecular complexity index is 431. The number of benzene rings is 1. The molecule has 1 aromatic carbocycles. The first-order valence-electron chi connectivity index (χ1n) is 7.74. The van der Waals surface area contributed by atoms with Crippen LogP contribution in [0.1, 0.15) is 46.0 Å². The molecule has 0 radical (unpaired) electrons. The molecule has 21 heavy (non-hydrogen) atoms. The first kappa shape index (κ1) is 17.1. The molecular formula is C17H27N3O. The number of rotatable bonds is 9. The van der Waals surface area contributed by atoms with Gasteiger partial charge in [-0.05, 0) is 25.0 Å². The molecule has 2 amide bonds. The van der Waals surface area contributed by atoms with Gasteiger partial charge in [0.15, 0.2) is 0 Å². The Kier molecular flexibility index (Phi) is 8.02. The van der Waals surface area contributed by atoms with E-state index in [-0.39, 0.29) is 12.1 Å². The average molecular weight is 289 g/mol.